The molecule has 0 N–H and O–H groups in total. The van der Waals surface area contributed by atoms with Gasteiger partial charge in [-0.3, -0.25) is 0 Å². The van der Waals surface area contributed by atoms with Crippen molar-refractivity contribution in [1.82, 2.24) is 0 Å². The van der Waals surface area contributed by atoms with Gasteiger partial charge in [-0.05, 0) is 13.8 Å². The van der Waals surface area contributed by atoms with Gasteiger partial charge in [0.05, 0.1) is 14.2 Å². The molecule has 0 bridgehead atoms. The van der Waals surface area contributed by atoms with Crippen LogP contribution >= 0.6 is 0 Å². The number of hydrogen-bond acceptors (Lipinski definition) is 6. The lowest BCUT2D eigenvalue weighted by Crippen LogP contribution is -2.38. The van der Waals surface area contributed by atoms with E-state index in [0.717, 1.165) is 0 Å². The molecule has 1 heterocycles. The monoisotopic (exact) mass is 219 g/mol. The zero-order valence-corrected chi connectivity index (χ0v) is 8.81. The van der Waals surface area contributed by atoms with Crippen molar-refractivity contribution in [3.63, 3.8) is 0 Å². The first kappa shape index (κ1) is 10.4. The average Bonchev–Trinajstić information content (AvgIpc) is 2.66. The summed E-state index contributed by atoms with van der Waals surface area (Å²) in [5.41, 5.74) is 0. The summed E-state index contributed by atoms with van der Waals surface area (Å²) in [7, 11) is 2.35. The van der Waals surface area contributed by atoms with Crippen molar-refractivity contribution in [3.05, 3.63) is 0 Å². The average molecular weight is 219 g/mol. The third-order valence-electron chi connectivity index (χ3n) is 1.89. The molecule has 1 aliphatic rings. The van der Waals surface area contributed by atoms with Crippen LogP contribution in [-0.4, -0.2) is 44.2 Å². The van der Waals surface area contributed by atoms with Gasteiger partial charge in [-0.25, -0.2) is 9.59 Å². The predicted octanol–water partition coefficient (Wildman–Crippen LogP) is -0.148. The minimum Gasteiger partial charge on any atom is -0.467 e. The summed E-state index contributed by atoms with van der Waals surface area (Å²) < 4.78 is 26.6. The molecule has 1 aliphatic heterocycles. The largest absolute Gasteiger partial charge is 0.467 e. The fraction of sp³-hybridized carbons (Fsp3) is 0.778. The molecule has 0 amide bonds. The number of hydrogen-bond donors (Lipinski definition) is 0. The molecule has 0 spiro atoms. The molecule has 0 radical (unpaired) electrons. The van der Waals surface area contributed by atoms with Gasteiger partial charge in [0, 0.05) is 1.37 Å². The van der Waals surface area contributed by atoms with E-state index >= 15 is 0 Å². The standard InChI is InChI=1S/C9H14O6/c1-9(2)14-5(7(10)12-3)6(15-9)8(11)13-4/h5-6H,1-4H3/i1D. The maximum absolute atomic E-state index is 11.4. The maximum atomic E-state index is 11.4. The molecule has 2 atom stereocenters. The van der Waals surface area contributed by atoms with Crippen molar-refractivity contribution < 1.29 is 29.9 Å². The molecule has 0 aliphatic carbocycles. The van der Waals surface area contributed by atoms with Gasteiger partial charge in [-0.2, -0.15) is 0 Å². The Labute approximate surface area is 88.8 Å². The van der Waals surface area contributed by atoms with E-state index in [2.05, 4.69) is 9.47 Å². The fourth-order valence-electron chi connectivity index (χ4n) is 1.26. The lowest BCUT2D eigenvalue weighted by atomic mass is 10.2. The number of esters is 2. The van der Waals surface area contributed by atoms with Crippen LogP contribution in [0.3, 0.4) is 0 Å². The Morgan fingerprint density at radius 1 is 1.20 bits per heavy atom. The van der Waals surface area contributed by atoms with Gasteiger partial charge in [0.25, 0.3) is 0 Å². The Kier molecular flexibility index (Phi) is 2.88. The van der Waals surface area contributed by atoms with Crippen molar-refractivity contribution in [2.45, 2.75) is 31.8 Å². The zero-order chi connectivity index (χ0) is 12.3. The summed E-state index contributed by atoms with van der Waals surface area (Å²) in [6.45, 7) is 1.23. The minimum atomic E-state index is -1.29. The van der Waals surface area contributed by atoms with Crippen LogP contribution in [0.1, 0.15) is 15.2 Å². The molecule has 6 nitrogen and oxygen atoms in total. The third-order valence-corrected chi connectivity index (χ3v) is 1.89. The van der Waals surface area contributed by atoms with Crippen LogP contribution in [0.5, 0.6) is 0 Å². The molecular formula is C9H14O6. The molecule has 6 heteroatoms. The summed E-state index contributed by atoms with van der Waals surface area (Å²) in [6.07, 6.45) is -2.37. The summed E-state index contributed by atoms with van der Waals surface area (Å²) in [4.78, 5) is 22.7. The van der Waals surface area contributed by atoms with E-state index in [-0.39, 0.29) is 6.90 Å². The SMILES string of the molecule is [2H]CC1(C)OC(C(=O)OC)C(C(=O)OC)O1. The molecule has 15 heavy (non-hydrogen) atoms. The Hall–Kier alpha value is -1.14. The van der Waals surface area contributed by atoms with E-state index < -0.39 is 29.9 Å². The quantitative estimate of drug-likeness (QED) is 0.601. The van der Waals surface area contributed by atoms with Gasteiger partial charge >= 0.3 is 11.9 Å². The summed E-state index contributed by atoms with van der Waals surface area (Å²) in [6, 6.07) is 0. The molecule has 1 fully saturated rings. The molecule has 0 aromatic heterocycles. The highest BCUT2D eigenvalue weighted by Gasteiger charge is 2.50. The highest BCUT2D eigenvalue weighted by atomic mass is 16.8. The van der Waals surface area contributed by atoms with Gasteiger partial charge in [-0.15, -0.1) is 0 Å². The number of methoxy groups -OCH3 is 2. The zero-order valence-electron chi connectivity index (χ0n) is 9.81. The Morgan fingerprint density at radius 2 is 1.60 bits per heavy atom. The van der Waals surface area contributed by atoms with Crippen LogP contribution in [-0.2, 0) is 28.5 Å². The second-order valence-corrected chi connectivity index (χ2v) is 3.26. The highest BCUT2D eigenvalue weighted by molar-refractivity contribution is 5.86. The van der Waals surface area contributed by atoms with Gasteiger partial charge < -0.3 is 18.9 Å². The number of ether oxygens (including phenoxy) is 4. The van der Waals surface area contributed by atoms with Crippen molar-refractivity contribution in [3.8, 4) is 0 Å². The van der Waals surface area contributed by atoms with Crippen LogP contribution in [0.4, 0.5) is 0 Å². The Bertz CT molecular complexity index is 268. The van der Waals surface area contributed by atoms with E-state index in [1.807, 2.05) is 0 Å². The van der Waals surface area contributed by atoms with Gasteiger partial charge in [0.2, 0.25) is 0 Å². The number of rotatable bonds is 2. The Morgan fingerprint density at radius 3 is 1.87 bits per heavy atom. The molecular weight excluding hydrogens is 204 g/mol. The smallest absolute Gasteiger partial charge is 0.338 e. The lowest BCUT2D eigenvalue weighted by Gasteiger charge is -2.15. The molecule has 0 saturated carbocycles. The van der Waals surface area contributed by atoms with Crippen molar-refractivity contribution in [1.29, 1.82) is 0 Å². The van der Waals surface area contributed by atoms with Crippen LogP contribution in [0.2, 0.25) is 0 Å². The van der Waals surface area contributed by atoms with Crippen LogP contribution in [0.15, 0.2) is 0 Å². The van der Waals surface area contributed by atoms with E-state index in [4.69, 9.17) is 10.8 Å². The summed E-state index contributed by atoms with van der Waals surface area (Å²) >= 11 is 0. The molecule has 0 aromatic rings. The molecule has 1 saturated heterocycles. The van der Waals surface area contributed by atoms with Gasteiger partial charge in [0.15, 0.2) is 18.0 Å². The van der Waals surface area contributed by atoms with Crippen LogP contribution in [0.25, 0.3) is 0 Å². The van der Waals surface area contributed by atoms with E-state index in [9.17, 15) is 9.59 Å². The topological polar surface area (TPSA) is 71.1 Å². The molecule has 1 rings (SSSR count). The highest BCUT2D eigenvalue weighted by Crippen LogP contribution is 2.29. The number of carbonyl (C=O) groups excluding carboxylic acids is 2. The van der Waals surface area contributed by atoms with E-state index in [0.29, 0.717) is 0 Å². The molecule has 2 unspecified atom stereocenters. The van der Waals surface area contributed by atoms with Crippen molar-refractivity contribution >= 4 is 11.9 Å². The summed E-state index contributed by atoms with van der Waals surface area (Å²) in [5, 5.41) is 0. The fourth-order valence-corrected chi connectivity index (χ4v) is 1.26. The third kappa shape index (κ3) is 2.45. The first-order valence-corrected chi connectivity index (χ1v) is 4.28. The molecule has 86 valence electrons. The normalized spacial score (nSPS) is 35.8. The predicted molar refractivity (Wildman–Crippen MR) is 47.9 cm³/mol. The second kappa shape index (κ2) is 4.16. The van der Waals surface area contributed by atoms with E-state index in [1.165, 1.54) is 21.1 Å². The minimum absolute atomic E-state index is 0.242. The first-order chi connectivity index (χ1) is 7.47. The first-order valence-electron chi connectivity index (χ1n) is 4.98. The maximum Gasteiger partial charge on any atom is 0.338 e. The van der Waals surface area contributed by atoms with Gasteiger partial charge in [-0.1, -0.05) is 0 Å². The Balaban J connectivity index is 2.87. The lowest BCUT2D eigenvalue weighted by molar-refractivity contribution is -0.171. The van der Waals surface area contributed by atoms with E-state index in [1.54, 1.807) is 0 Å². The van der Waals surface area contributed by atoms with Crippen molar-refractivity contribution in [2.24, 2.45) is 0 Å². The van der Waals surface area contributed by atoms with Crippen LogP contribution in [0, 0.1) is 0 Å². The summed E-state index contributed by atoms with van der Waals surface area (Å²) in [5.74, 6) is -2.75. The van der Waals surface area contributed by atoms with Crippen molar-refractivity contribution in [2.75, 3.05) is 14.2 Å². The molecule has 0 aromatic carbocycles. The van der Waals surface area contributed by atoms with Gasteiger partial charge in [0.1, 0.15) is 0 Å². The number of carbonyl (C=O) groups is 2. The second-order valence-electron chi connectivity index (χ2n) is 3.26. The van der Waals surface area contributed by atoms with Crippen LogP contribution < -0.4 is 0 Å².